The minimum Gasteiger partial charge on any atom is -0.320 e. The highest BCUT2D eigenvalue weighted by Gasteiger charge is 2.44. The van der Waals surface area contributed by atoms with Gasteiger partial charge in [0.15, 0.2) is 5.17 Å². The summed E-state index contributed by atoms with van der Waals surface area (Å²) < 4.78 is 5.80. The summed E-state index contributed by atoms with van der Waals surface area (Å²) in [5.74, 6) is -0.159. The normalized spacial score (nSPS) is 23.0. The SMILES string of the molecule is CC(C)COS1(C)C([N+](=O)[O-])=CN=C1NC(=O)c1ccccc1. The summed E-state index contributed by atoms with van der Waals surface area (Å²) in [6.45, 7) is 4.25. The second-order valence-electron chi connectivity index (χ2n) is 5.50. The van der Waals surface area contributed by atoms with Gasteiger partial charge in [-0.15, -0.1) is 0 Å². The van der Waals surface area contributed by atoms with Gasteiger partial charge in [-0.2, -0.15) is 0 Å². The second-order valence-corrected chi connectivity index (χ2v) is 8.23. The second kappa shape index (κ2) is 6.93. The number of carbonyl (C=O) groups is 1. The molecule has 1 aliphatic rings. The number of hydrogen-bond acceptors (Lipinski definition) is 5. The first kappa shape index (κ1) is 17.2. The third-order valence-corrected chi connectivity index (χ3v) is 5.74. The lowest BCUT2D eigenvalue weighted by molar-refractivity contribution is -0.411. The van der Waals surface area contributed by atoms with Crippen molar-refractivity contribution in [2.45, 2.75) is 13.8 Å². The lowest BCUT2D eigenvalue weighted by Gasteiger charge is -2.30. The molecule has 1 aliphatic heterocycles. The van der Waals surface area contributed by atoms with Crippen molar-refractivity contribution in [2.24, 2.45) is 10.9 Å². The number of nitrogens with one attached hydrogen (secondary N) is 1. The van der Waals surface area contributed by atoms with Crippen molar-refractivity contribution in [1.82, 2.24) is 5.32 Å². The maximum absolute atomic E-state index is 12.3. The molecule has 23 heavy (non-hydrogen) atoms. The Bertz CT molecular complexity index is 673. The van der Waals surface area contributed by atoms with E-state index in [0.29, 0.717) is 12.2 Å². The molecule has 8 heteroatoms. The molecule has 0 aliphatic carbocycles. The molecule has 7 nitrogen and oxygen atoms in total. The highest BCUT2D eigenvalue weighted by Crippen LogP contribution is 2.57. The third kappa shape index (κ3) is 3.77. The average molecular weight is 337 g/mol. The summed E-state index contributed by atoms with van der Waals surface area (Å²) >= 11 is 0. The lowest BCUT2D eigenvalue weighted by atomic mass is 10.2. The van der Waals surface area contributed by atoms with Crippen LogP contribution in [0.5, 0.6) is 0 Å². The zero-order chi connectivity index (χ0) is 17.0. The number of nitro groups is 1. The molecule has 0 bridgehead atoms. The Morgan fingerprint density at radius 2 is 2.04 bits per heavy atom. The summed E-state index contributed by atoms with van der Waals surface area (Å²) in [7, 11) is -2.40. The van der Waals surface area contributed by atoms with Crippen LogP contribution in [0.15, 0.2) is 46.6 Å². The first-order valence-electron chi connectivity index (χ1n) is 7.06. The molecule has 1 heterocycles. The molecule has 124 valence electrons. The molecule has 1 aromatic rings. The highest BCUT2D eigenvalue weighted by molar-refractivity contribution is 8.44. The van der Waals surface area contributed by atoms with Gasteiger partial charge < -0.3 is 9.50 Å². The molecule has 0 fully saturated rings. The fourth-order valence-corrected chi connectivity index (χ4v) is 3.93. The van der Waals surface area contributed by atoms with Crippen LogP contribution in [-0.4, -0.2) is 28.9 Å². The van der Waals surface area contributed by atoms with Crippen LogP contribution in [0.25, 0.3) is 0 Å². The third-order valence-electron chi connectivity index (χ3n) is 3.13. The van der Waals surface area contributed by atoms with Crippen molar-refractivity contribution < 1.29 is 13.9 Å². The zero-order valence-electron chi connectivity index (χ0n) is 13.2. The molecule has 1 N–H and O–H groups in total. The average Bonchev–Trinajstić information content (AvgIpc) is 2.83. The van der Waals surface area contributed by atoms with Crippen LogP contribution in [0, 0.1) is 16.0 Å². The molecule has 0 aromatic heterocycles. The number of nitrogens with zero attached hydrogens (tertiary/aromatic N) is 2. The van der Waals surface area contributed by atoms with Crippen molar-refractivity contribution in [1.29, 1.82) is 0 Å². The maximum Gasteiger partial charge on any atom is 0.332 e. The van der Waals surface area contributed by atoms with Crippen molar-refractivity contribution in [3.63, 3.8) is 0 Å². The Morgan fingerprint density at radius 3 is 2.61 bits per heavy atom. The van der Waals surface area contributed by atoms with Crippen LogP contribution in [0.2, 0.25) is 0 Å². The predicted octanol–water partition coefficient (Wildman–Crippen LogP) is 2.88. The monoisotopic (exact) mass is 337 g/mol. The number of hydrogen-bond donors (Lipinski definition) is 1. The quantitative estimate of drug-likeness (QED) is 0.660. The summed E-state index contributed by atoms with van der Waals surface area (Å²) in [5.41, 5.74) is 0.454. The van der Waals surface area contributed by atoms with Gasteiger partial charge in [0.2, 0.25) is 0 Å². The van der Waals surface area contributed by atoms with E-state index in [4.69, 9.17) is 4.18 Å². The Labute approximate surface area is 136 Å². The Kier molecular flexibility index (Phi) is 5.17. The lowest BCUT2D eigenvalue weighted by Crippen LogP contribution is -2.35. The van der Waals surface area contributed by atoms with Crippen molar-refractivity contribution >= 4 is 21.4 Å². The minimum atomic E-state index is -2.40. The van der Waals surface area contributed by atoms with Crippen LogP contribution in [-0.2, 0) is 4.18 Å². The molecule has 0 saturated carbocycles. The maximum atomic E-state index is 12.3. The van der Waals surface area contributed by atoms with Crippen LogP contribution >= 0.6 is 10.3 Å². The Morgan fingerprint density at radius 1 is 1.39 bits per heavy atom. The van der Waals surface area contributed by atoms with Crippen LogP contribution in [0.4, 0.5) is 0 Å². The molecule has 1 amide bonds. The molecule has 1 atom stereocenters. The fraction of sp³-hybridized carbons (Fsp3) is 0.333. The minimum absolute atomic E-state index is 0.110. The molecule has 0 saturated heterocycles. The largest absolute Gasteiger partial charge is 0.332 e. The van der Waals surface area contributed by atoms with E-state index in [-0.39, 0.29) is 22.0 Å². The van der Waals surface area contributed by atoms with Gasteiger partial charge >= 0.3 is 5.03 Å². The summed E-state index contributed by atoms with van der Waals surface area (Å²) in [4.78, 5) is 27.1. The van der Waals surface area contributed by atoms with Crippen LogP contribution in [0.1, 0.15) is 24.2 Å². The Balaban J connectivity index is 2.20. The number of rotatable bonds is 5. The Hall–Kier alpha value is -2.19. The summed E-state index contributed by atoms with van der Waals surface area (Å²) in [6, 6.07) is 8.61. The van der Waals surface area contributed by atoms with E-state index >= 15 is 0 Å². The number of benzene rings is 1. The fourth-order valence-electron chi connectivity index (χ4n) is 1.88. The van der Waals surface area contributed by atoms with Gasteiger partial charge in [0.25, 0.3) is 5.91 Å². The number of aliphatic imine (C=N–C) groups is 1. The van der Waals surface area contributed by atoms with Gasteiger partial charge in [-0.05, 0) is 18.1 Å². The predicted molar refractivity (Wildman–Crippen MR) is 90.7 cm³/mol. The summed E-state index contributed by atoms with van der Waals surface area (Å²) in [6.07, 6.45) is 2.79. The van der Waals surface area contributed by atoms with E-state index in [9.17, 15) is 14.9 Å². The van der Waals surface area contributed by atoms with Crippen LogP contribution < -0.4 is 5.32 Å². The van der Waals surface area contributed by atoms with E-state index in [2.05, 4.69) is 10.3 Å². The van der Waals surface area contributed by atoms with Gasteiger partial charge in [0.1, 0.15) is 6.20 Å². The van der Waals surface area contributed by atoms with Gasteiger partial charge in [-0.25, -0.2) is 4.99 Å². The molecule has 1 unspecified atom stereocenters. The zero-order valence-corrected chi connectivity index (χ0v) is 14.0. The number of amidine groups is 1. The highest BCUT2D eigenvalue weighted by atomic mass is 32.3. The smallest absolute Gasteiger partial charge is 0.320 e. The molecule has 1 aromatic carbocycles. The molecule has 0 spiro atoms. The first-order chi connectivity index (χ1) is 10.8. The van der Waals surface area contributed by atoms with E-state index in [0.717, 1.165) is 6.20 Å². The van der Waals surface area contributed by atoms with Gasteiger partial charge in [0.05, 0.1) is 11.5 Å². The van der Waals surface area contributed by atoms with Crippen LogP contribution in [0.3, 0.4) is 0 Å². The van der Waals surface area contributed by atoms with Crippen molar-refractivity contribution in [3.05, 3.63) is 57.2 Å². The topological polar surface area (TPSA) is 93.8 Å². The summed E-state index contributed by atoms with van der Waals surface area (Å²) in [5, 5.41) is 14.0. The van der Waals surface area contributed by atoms with E-state index < -0.39 is 15.2 Å². The standard InChI is InChI=1S/C15H19N3O4S/c1-11(2)10-22-23(3)13(18(20)21)9-16-15(23)17-14(19)12-7-5-4-6-8-12/h4-9,11H,10H2,1-3H3,(H,16,17,19). The van der Waals surface area contributed by atoms with E-state index in [1.54, 1.807) is 36.6 Å². The molecular weight excluding hydrogens is 318 g/mol. The first-order valence-corrected chi connectivity index (χ1v) is 9.03. The van der Waals surface area contributed by atoms with E-state index in [1.807, 2.05) is 13.8 Å². The molecular formula is C15H19N3O4S. The van der Waals surface area contributed by atoms with Gasteiger partial charge in [-0.3, -0.25) is 14.9 Å². The van der Waals surface area contributed by atoms with E-state index in [1.165, 1.54) is 0 Å². The number of amides is 1. The molecule has 2 rings (SSSR count). The number of carbonyl (C=O) groups excluding carboxylic acids is 1. The van der Waals surface area contributed by atoms with Crippen molar-refractivity contribution in [2.75, 3.05) is 12.9 Å². The van der Waals surface area contributed by atoms with Gasteiger partial charge in [-0.1, -0.05) is 32.0 Å². The van der Waals surface area contributed by atoms with Gasteiger partial charge in [0, 0.05) is 22.1 Å². The van der Waals surface area contributed by atoms with Crippen molar-refractivity contribution in [3.8, 4) is 0 Å². The molecule has 0 radical (unpaired) electrons.